The summed E-state index contributed by atoms with van der Waals surface area (Å²) < 4.78 is 27.2. The molecule has 2 heterocycles. The number of sulfonamides is 1. The molecule has 1 aromatic rings. The van der Waals surface area contributed by atoms with Gasteiger partial charge in [0.2, 0.25) is 15.9 Å². The first-order valence-corrected chi connectivity index (χ1v) is 9.60. The number of carbonyl (C=O) groups excluding carboxylic acids is 1. The maximum absolute atomic E-state index is 12.8. The Bertz CT molecular complexity index is 672. The van der Waals surface area contributed by atoms with Gasteiger partial charge in [0.1, 0.15) is 0 Å². The Hall–Kier alpha value is -1.44. The lowest BCUT2D eigenvalue weighted by Gasteiger charge is -2.33. The molecular formula is C16H23N3O3S. The van der Waals surface area contributed by atoms with Gasteiger partial charge in [0.25, 0.3) is 0 Å². The van der Waals surface area contributed by atoms with Crippen molar-refractivity contribution < 1.29 is 13.2 Å². The molecule has 1 atom stereocenters. The van der Waals surface area contributed by atoms with Crippen molar-refractivity contribution >= 4 is 21.6 Å². The fraction of sp³-hybridized carbons (Fsp3) is 0.562. The van der Waals surface area contributed by atoms with E-state index in [0.29, 0.717) is 26.1 Å². The van der Waals surface area contributed by atoms with Gasteiger partial charge in [0, 0.05) is 37.8 Å². The number of nitrogens with two attached hydrogens (primary N) is 1. The second-order valence-corrected chi connectivity index (χ2v) is 8.03. The molecule has 0 radical (unpaired) electrons. The quantitative estimate of drug-likeness (QED) is 0.898. The summed E-state index contributed by atoms with van der Waals surface area (Å²) >= 11 is 0. The number of hydrogen-bond donors (Lipinski definition) is 1. The summed E-state index contributed by atoms with van der Waals surface area (Å²) in [5.41, 5.74) is 6.50. The molecule has 2 fully saturated rings. The van der Waals surface area contributed by atoms with E-state index >= 15 is 0 Å². The van der Waals surface area contributed by atoms with Crippen LogP contribution in [0.3, 0.4) is 0 Å². The van der Waals surface area contributed by atoms with Crippen LogP contribution >= 0.6 is 0 Å². The predicted molar refractivity (Wildman–Crippen MR) is 88.6 cm³/mol. The number of hydrogen-bond acceptors (Lipinski definition) is 4. The highest BCUT2D eigenvalue weighted by molar-refractivity contribution is 7.89. The van der Waals surface area contributed by atoms with Gasteiger partial charge in [-0.05, 0) is 43.5 Å². The smallest absolute Gasteiger partial charge is 0.243 e. The van der Waals surface area contributed by atoms with E-state index in [9.17, 15) is 13.2 Å². The summed E-state index contributed by atoms with van der Waals surface area (Å²) in [6.07, 6.45) is 4.12. The van der Waals surface area contributed by atoms with Crippen molar-refractivity contribution in [1.82, 2.24) is 4.31 Å². The molecule has 6 nitrogen and oxygen atoms in total. The molecule has 0 spiro atoms. The second kappa shape index (κ2) is 6.59. The maximum atomic E-state index is 12.8. The number of benzene rings is 1. The molecule has 0 aliphatic carbocycles. The van der Waals surface area contributed by atoms with Crippen molar-refractivity contribution in [3.05, 3.63) is 24.3 Å². The second-order valence-electron chi connectivity index (χ2n) is 6.14. The van der Waals surface area contributed by atoms with Crippen LogP contribution in [0.4, 0.5) is 5.69 Å². The molecule has 2 aliphatic heterocycles. The van der Waals surface area contributed by atoms with E-state index in [1.807, 2.05) is 0 Å². The highest BCUT2D eigenvalue weighted by Gasteiger charge is 2.32. The van der Waals surface area contributed by atoms with Gasteiger partial charge in [0.05, 0.1) is 4.90 Å². The molecule has 0 saturated carbocycles. The summed E-state index contributed by atoms with van der Waals surface area (Å²) in [6.45, 7) is 1.57. The van der Waals surface area contributed by atoms with Crippen LogP contribution in [0.5, 0.6) is 0 Å². The largest absolute Gasteiger partial charge is 0.329 e. The molecule has 1 aromatic carbocycles. The Morgan fingerprint density at radius 1 is 1.09 bits per heavy atom. The molecule has 2 saturated heterocycles. The normalized spacial score (nSPS) is 23.4. The first-order chi connectivity index (χ1) is 11.0. The van der Waals surface area contributed by atoms with Gasteiger partial charge < -0.3 is 10.6 Å². The van der Waals surface area contributed by atoms with Crippen molar-refractivity contribution in [1.29, 1.82) is 0 Å². The van der Waals surface area contributed by atoms with Crippen LogP contribution in [0.25, 0.3) is 0 Å². The van der Waals surface area contributed by atoms with E-state index in [1.54, 1.807) is 29.2 Å². The number of nitrogens with zero attached hydrogens (tertiary/aromatic N) is 2. The van der Waals surface area contributed by atoms with Crippen LogP contribution in [-0.4, -0.2) is 44.3 Å². The summed E-state index contributed by atoms with van der Waals surface area (Å²) in [5.74, 6) is 0.0971. The minimum Gasteiger partial charge on any atom is -0.329 e. The van der Waals surface area contributed by atoms with Gasteiger partial charge >= 0.3 is 0 Å². The van der Waals surface area contributed by atoms with E-state index in [0.717, 1.165) is 31.4 Å². The third kappa shape index (κ3) is 3.13. The molecule has 0 bridgehead atoms. The van der Waals surface area contributed by atoms with Gasteiger partial charge in [-0.2, -0.15) is 4.31 Å². The monoisotopic (exact) mass is 337 g/mol. The zero-order chi connectivity index (χ0) is 16.4. The van der Waals surface area contributed by atoms with Crippen molar-refractivity contribution in [2.24, 2.45) is 5.73 Å². The van der Waals surface area contributed by atoms with Crippen LogP contribution in [-0.2, 0) is 14.8 Å². The van der Waals surface area contributed by atoms with Crippen molar-refractivity contribution in [2.45, 2.75) is 43.0 Å². The zero-order valence-electron chi connectivity index (χ0n) is 13.1. The molecule has 1 unspecified atom stereocenters. The van der Waals surface area contributed by atoms with Crippen molar-refractivity contribution in [3.63, 3.8) is 0 Å². The van der Waals surface area contributed by atoms with E-state index < -0.39 is 10.0 Å². The number of anilines is 1. The Kier molecular flexibility index (Phi) is 4.70. The minimum absolute atomic E-state index is 0.0971. The summed E-state index contributed by atoms with van der Waals surface area (Å²) in [6, 6.07) is 6.51. The number of piperidine rings is 1. The first-order valence-electron chi connectivity index (χ1n) is 8.16. The molecule has 3 rings (SSSR count). The average molecular weight is 337 g/mol. The van der Waals surface area contributed by atoms with Gasteiger partial charge in [-0.1, -0.05) is 6.42 Å². The molecule has 23 heavy (non-hydrogen) atoms. The van der Waals surface area contributed by atoms with Crippen LogP contribution in [0.1, 0.15) is 32.1 Å². The van der Waals surface area contributed by atoms with Gasteiger partial charge in [-0.15, -0.1) is 0 Å². The van der Waals surface area contributed by atoms with E-state index in [1.165, 1.54) is 4.31 Å². The van der Waals surface area contributed by atoms with Crippen molar-refractivity contribution in [3.8, 4) is 0 Å². The molecule has 126 valence electrons. The van der Waals surface area contributed by atoms with Crippen LogP contribution in [0.2, 0.25) is 0 Å². The summed E-state index contributed by atoms with van der Waals surface area (Å²) in [5, 5.41) is 0. The zero-order valence-corrected chi connectivity index (χ0v) is 14.0. The maximum Gasteiger partial charge on any atom is 0.243 e. The van der Waals surface area contributed by atoms with Crippen LogP contribution in [0.15, 0.2) is 29.2 Å². The third-order valence-electron chi connectivity index (χ3n) is 4.67. The van der Waals surface area contributed by atoms with Crippen LogP contribution in [0, 0.1) is 0 Å². The number of rotatable bonds is 4. The average Bonchev–Trinajstić information content (AvgIpc) is 3.01. The van der Waals surface area contributed by atoms with Crippen LogP contribution < -0.4 is 10.6 Å². The molecule has 0 aromatic heterocycles. The Morgan fingerprint density at radius 2 is 1.83 bits per heavy atom. The van der Waals surface area contributed by atoms with E-state index in [4.69, 9.17) is 5.73 Å². The lowest BCUT2D eigenvalue weighted by atomic mass is 10.1. The Morgan fingerprint density at radius 3 is 2.43 bits per heavy atom. The summed E-state index contributed by atoms with van der Waals surface area (Å²) in [7, 11) is -3.53. The lowest BCUT2D eigenvalue weighted by molar-refractivity contribution is -0.117. The predicted octanol–water partition coefficient (Wildman–Crippen LogP) is 1.32. The minimum atomic E-state index is -3.53. The Labute approximate surface area is 137 Å². The fourth-order valence-corrected chi connectivity index (χ4v) is 5.08. The topological polar surface area (TPSA) is 83.7 Å². The molecule has 2 N–H and O–H groups in total. The van der Waals surface area contributed by atoms with Gasteiger partial charge in [-0.3, -0.25) is 4.79 Å². The first kappa shape index (κ1) is 16.4. The third-order valence-corrected chi connectivity index (χ3v) is 6.64. The number of carbonyl (C=O) groups is 1. The Balaban J connectivity index is 1.84. The van der Waals surface area contributed by atoms with Gasteiger partial charge in [0.15, 0.2) is 0 Å². The molecule has 7 heteroatoms. The van der Waals surface area contributed by atoms with E-state index in [2.05, 4.69) is 0 Å². The molecule has 2 aliphatic rings. The number of amides is 1. The highest BCUT2D eigenvalue weighted by atomic mass is 32.2. The molecular weight excluding hydrogens is 314 g/mol. The van der Waals surface area contributed by atoms with Crippen molar-refractivity contribution in [2.75, 3.05) is 24.5 Å². The van der Waals surface area contributed by atoms with E-state index in [-0.39, 0.29) is 16.8 Å². The molecule has 1 amide bonds. The summed E-state index contributed by atoms with van der Waals surface area (Å²) in [4.78, 5) is 13.8. The van der Waals surface area contributed by atoms with Gasteiger partial charge in [-0.25, -0.2) is 8.42 Å². The standard InChI is InChI=1S/C16H23N3O3S/c17-12-14-4-1-2-11-19(14)23(21,22)15-8-6-13(7-9-15)18-10-3-5-16(18)20/h6-9,14H,1-5,10-12,17H2. The lowest BCUT2D eigenvalue weighted by Crippen LogP contribution is -2.47. The highest BCUT2D eigenvalue weighted by Crippen LogP contribution is 2.27. The fourth-order valence-electron chi connectivity index (χ4n) is 3.38. The SMILES string of the molecule is NCC1CCCCN1S(=O)(=O)c1ccc(N2CCCC2=O)cc1.